The number of carbonyl (C=O) groups is 2. The average molecular weight is 610 g/mol. The highest BCUT2D eigenvalue weighted by atomic mass is 16.6. The van der Waals surface area contributed by atoms with E-state index in [0.29, 0.717) is 42.0 Å². The van der Waals surface area contributed by atoms with Crippen molar-refractivity contribution < 1.29 is 14.3 Å². The average Bonchev–Trinajstić information content (AvgIpc) is 3.44. The zero-order valence-electron chi connectivity index (χ0n) is 25.5. The Balaban J connectivity index is 1.33. The van der Waals surface area contributed by atoms with Gasteiger partial charge in [0.2, 0.25) is 11.9 Å². The second-order valence-electron chi connectivity index (χ2n) is 11.9. The minimum atomic E-state index is -0.542. The maximum absolute atomic E-state index is 13.3. The molecule has 0 bridgehead atoms. The number of amides is 2. The first-order chi connectivity index (χ1) is 21.5. The lowest BCUT2D eigenvalue weighted by atomic mass is 9.98. The van der Waals surface area contributed by atoms with Crippen LogP contribution in [-0.2, 0) is 22.6 Å². The van der Waals surface area contributed by atoms with Crippen LogP contribution in [0.15, 0.2) is 66.4 Å². The van der Waals surface area contributed by atoms with Crippen LogP contribution in [0.1, 0.15) is 44.7 Å². The van der Waals surface area contributed by atoms with Crippen molar-refractivity contribution in [1.82, 2.24) is 29.2 Å². The summed E-state index contributed by atoms with van der Waals surface area (Å²) in [5.41, 5.74) is 1.20. The molecule has 0 saturated carbocycles. The molecule has 1 aromatic carbocycles. The Bertz CT molecular complexity index is 1850. The third-order valence-corrected chi connectivity index (χ3v) is 7.17. The van der Waals surface area contributed by atoms with Crippen molar-refractivity contribution in [2.45, 2.75) is 52.3 Å². The number of rotatable bonds is 8. The van der Waals surface area contributed by atoms with E-state index in [1.165, 1.54) is 16.7 Å². The molecule has 2 amide bonds. The molecule has 0 aliphatic carbocycles. The molecule has 1 aliphatic heterocycles. The van der Waals surface area contributed by atoms with Crippen LogP contribution in [0.3, 0.4) is 0 Å². The quantitative estimate of drug-likeness (QED) is 0.276. The van der Waals surface area contributed by atoms with Crippen molar-refractivity contribution in [1.29, 1.82) is 5.26 Å². The van der Waals surface area contributed by atoms with Crippen LogP contribution in [-0.4, -0.2) is 59.9 Å². The number of pyridine rings is 1. The third-order valence-electron chi connectivity index (χ3n) is 7.17. The predicted octanol–water partition coefficient (Wildman–Crippen LogP) is 4.42. The number of anilines is 3. The molecular formula is C32H35N9O4. The lowest BCUT2D eigenvalue weighted by Crippen LogP contribution is -2.43. The van der Waals surface area contributed by atoms with Gasteiger partial charge in [-0.25, -0.2) is 9.78 Å². The van der Waals surface area contributed by atoms with Gasteiger partial charge in [-0.1, -0.05) is 18.7 Å². The summed E-state index contributed by atoms with van der Waals surface area (Å²) in [6.07, 6.45) is 7.81. The Kier molecular flexibility index (Phi) is 8.94. The van der Waals surface area contributed by atoms with Crippen LogP contribution >= 0.6 is 0 Å². The van der Waals surface area contributed by atoms with Gasteiger partial charge in [-0.3, -0.25) is 18.8 Å². The van der Waals surface area contributed by atoms with Gasteiger partial charge < -0.3 is 20.3 Å². The Morgan fingerprint density at radius 3 is 2.80 bits per heavy atom. The van der Waals surface area contributed by atoms with E-state index in [9.17, 15) is 19.6 Å². The molecule has 45 heavy (non-hydrogen) atoms. The third kappa shape index (κ3) is 7.72. The van der Waals surface area contributed by atoms with Gasteiger partial charge in [-0.2, -0.15) is 15.3 Å². The monoisotopic (exact) mass is 609 g/mol. The molecule has 2 N–H and O–H groups in total. The number of ether oxygens (including phenoxy) is 1. The highest BCUT2D eigenvalue weighted by Gasteiger charge is 2.28. The molecule has 1 unspecified atom stereocenters. The first-order valence-electron chi connectivity index (χ1n) is 14.6. The molecular weight excluding hydrogens is 574 g/mol. The number of likely N-dealkylation sites (tertiary alicyclic amines) is 1. The van der Waals surface area contributed by atoms with Crippen molar-refractivity contribution in [2.75, 3.05) is 23.7 Å². The maximum atomic E-state index is 13.3. The van der Waals surface area contributed by atoms with Gasteiger partial charge >= 0.3 is 6.09 Å². The minimum Gasteiger partial charge on any atom is -0.444 e. The standard InChI is InChI=1S/C32H35N9O4/c1-5-27(42)36-25-10-6-8-21(12-25)19-41-28-24(13-23(14-33)29(41)43)15-34-30(38-28)37-26-16-35-40(20-26)18-22-9-7-11-39(17-22)31(44)45-32(2,3)4/h5-6,8,10,12-13,15-16,20,22H,1,7,9,11,17-19H2,2-4H3,(H,36,42)(H,34,37,38). The van der Waals surface area contributed by atoms with Crippen LogP contribution in [0.5, 0.6) is 0 Å². The molecule has 232 valence electrons. The summed E-state index contributed by atoms with van der Waals surface area (Å²) >= 11 is 0. The van der Waals surface area contributed by atoms with Gasteiger partial charge in [-0.15, -0.1) is 0 Å². The Hall–Kier alpha value is -5.51. The van der Waals surface area contributed by atoms with Gasteiger partial charge in [0, 0.05) is 43.1 Å². The molecule has 1 aliphatic rings. The molecule has 0 radical (unpaired) electrons. The van der Waals surface area contributed by atoms with Gasteiger partial charge in [0.1, 0.15) is 22.9 Å². The van der Waals surface area contributed by atoms with Gasteiger partial charge in [0.05, 0.1) is 18.4 Å². The van der Waals surface area contributed by atoms with E-state index >= 15 is 0 Å². The van der Waals surface area contributed by atoms with Crippen LogP contribution in [0.4, 0.5) is 22.1 Å². The Morgan fingerprint density at radius 1 is 1.22 bits per heavy atom. The molecule has 5 rings (SSSR count). The van der Waals surface area contributed by atoms with E-state index in [4.69, 9.17) is 4.74 Å². The van der Waals surface area contributed by atoms with Gasteiger partial charge in [0.25, 0.3) is 5.56 Å². The van der Waals surface area contributed by atoms with Crippen molar-refractivity contribution >= 4 is 40.4 Å². The highest BCUT2D eigenvalue weighted by Crippen LogP contribution is 2.22. The van der Waals surface area contributed by atoms with Gasteiger partial charge in [-0.05, 0) is 69.4 Å². The van der Waals surface area contributed by atoms with Crippen molar-refractivity contribution in [3.8, 4) is 6.07 Å². The highest BCUT2D eigenvalue weighted by molar-refractivity contribution is 5.98. The van der Waals surface area contributed by atoms with E-state index < -0.39 is 11.2 Å². The number of piperidine rings is 1. The first kappa shape index (κ1) is 30.9. The second-order valence-corrected chi connectivity index (χ2v) is 11.9. The number of nitriles is 1. The second kappa shape index (κ2) is 13.0. The summed E-state index contributed by atoms with van der Waals surface area (Å²) in [7, 11) is 0. The summed E-state index contributed by atoms with van der Waals surface area (Å²) in [6, 6.07) is 10.5. The zero-order chi connectivity index (χ0) is 32.1. The smallest absolute Gasteiger partial charge is 0.410 e. The largest absolute Gasteiger partial charge is 0.444 e. The van der Waals surface area contributed by atoms with Crippen molar-refractivity contribution in [3.05, 3.63) is 83.1 Å². The van der Waals surface area contributed by atoms with E-state index in [0.717, 1.165) is 18.4 Å². The number of nitrogens with one attached hydrogen (secondary N) is 2. The SMILES string of the molecule is C=CC(=O)Nc1cccc(Cn2c(=O)c(C#N)cc3cnc(Nc4cnn(CC5CCCN(C(=O)OC(C)(C)C)C5)c4)nc32)c1. The minimum absolute atomic E-state index is 0.0304. The van der Waals surface area contributed by atoms with Crippen molar-refractivity contribution in [2.24, 2.45) is 5.92 Å². The summed E-state index contributed by atoms with van der Waals surface area (Å²) < 4.78 is 8.78. The van der Waals surface area contributed by atoms with E-state index in [-0.39, 0.29) is 36.0 Å². The maximum Gasteiger partial charge on any atom is 0.410 e. The van der Waals surface area contributed by atoms with Crippen molar-refractivity contribution in [3.63, 3.8) is 0 Å². The van der Waals surface area contributed by atoms with E-state index in [2.05, 4.69) is 32.3 Å². The lowest BCUT2D eigenvalue weighted by Gasteiger charge is -2.34. The summed E-state index contributed by atoms with van der Waals surface area (Å²) in [5, 5.41) is 20.5. The fourth-order valence-electron chi connectivity index (χ4n) is 5.20. The molecule has 1 saturated heterocycles. The molecule has 3 aromatic heterocycles. The number of hydrogen-bond donors (Lipinski definition) is 2. The molecule has 13 nitrogen and oxygen atoms in total. The molecule has 1 fully saturated rings. The van der Waals surface area contributed by atoms with Crippen LogP contribution in [0, 0.1) is 17.2 Å². The molecule has 4 aromatic rings. The Labute approximate surface area is 260 Å². The summed E-state index contributed by atoms with van der Waals surface area (Å²) in [4.78, 5) is 48.4. The predicted molar refractivity (Wildman–Crippen MR) is 169 cm³/mol. The van der Waals surface area contributed by atoms with E-state index in [1.807, 2.05) is 43.8 Å². The number of hydrogen-bond acceptors (Lipinski definition) is 9. The normalized spacial score (nSPS) is 14.9. The first-order valence-corrected chi connectivity index (χ1v) is 14.6. The number of aromatic nitrogens is 5. The molecule has 13 heteroatoms. The topological polar surface area (TPSA) is 160 Å². The zero-order valence-corrected chi connectivity index (χ0v) is 25.5. The Morgan fingerprint density at radius 2 is 2.04 bits per heavy atom. The van der Waals surface area contributed by atoms with Crippen LogP contribution in [0.25, 0.3) is 11.0 Å². The fraction of sp³-hybridized carbons (Fsp3) is 0.344. The fourth-order valence-corrected chi connectivity index (χ4v) is 5.20. The molecule has 4 heterocycles. The number of fused-ring (bicyclic) bond motifs is 1. The summed E-state index contributed by atoms with van der Waals surface area (Å²) in [6.45, 7) is 11.1. The number of nitrogens with zero attached hydrogens (tertiary/aromatic N) is 7. The molecule has 1 atom stereocenters. The van der Waals surface area contributed by atoms with Crippen LogP contribution in [0.2, 0.25) is 0 Å². The van der Waals surface area contributed by atoms with E-state index in [1.54, 1.807) is 35.5 Å². The molecule has 0 spiro atoms. The number of carbonyl (C=O) groups excluding carboxylic acids is 2. The lowest BCUT2D eigenvalue weighted by molar-refractivity contribution is -0.111. The van der Waals surface area contributed by atoms with Gasteiger partial charge in [0.15, 0.2) is 0 Å². The summed E-state index contributed by atoms with van der Waals surface area (Å²) in [5.74, 6) is 0.124. The van der Waals surface area contributed by atoms with Crippen LogP contribution < -0.4 is 16.2 Å². The number of benzene rings is 1.